The normalized spacial score (nSPS) is 30.0. The molecule has 136 valence electrons. The van der Waals surface area contributed by atoms with Gasteiger partial charge in [-0.05, 0) is 79.9 Å². The monoisotopic (exact) mass is 361 g/mol. The summed E-state index contributed by atoms with van der Waals surface area (Å²) < 4.78 is 14.0. The molecule has 2 fully saturated rings. The number of rotatable bonds is 4. The molecule has 0 aromatic heterocycles. The molecule has 1 aromatic carbocycles. The number of nitriles is 1. The molecule has 0 atom stereocenters. The van der Waals surface area contributed by atoms with E-state index in [-0.39, 0.29) is 10.6 Å². The molecule has 0 radical (unpaired) electrons. The Bertz CT molecular complexity index is 596. The number of hydrogen-bond donors (Lipinski definition) is 0. The minimum absolute atomic E-state index is 0.0251. The molecule has 2 saturated carbocycles. The summed E-state index contributed by atoms with van der Waals surface area (Å²) in [6.45, 7) is 2.30. The lowest BCUT2D eigenvalue weighted by atomic mass is 9.68. The summed E-state index contributed by atoms with van der Waals surface area (Å²) >= 11 is 6.08. The van der Waals surface area contributed by atoms with Crippen LogP contribution in [0.1, 0.15) is 88.2 Å². The van der Waals surface area contributed by atoms with Crippen LogP contribution in [0.25, 0.3) is 0 Å². The summed E-state index contributed by atoms with van der Waals surface area (Å²) in [5, 5.41) is 9.22. The van der Waals surface area contributed by atoms with E-state index in [1.165, 1.54) is 57.4 Å². The molecule has 1 nitrogen and oxygen atoms in total. The molecule has 0 heterocycles. The Morgan fingerprint density at radius 2 is 1.64 bits per heavy atom. The fraction of sp³-hybridized carbons (Fsp3) is 0.682. The van der Waals surface area contributed by atoms with Crippen LogP contribution in [0.5, 0.6) is 0 Å². The summed E-state index contributed by atoms with van der Waals surface area (Å²) in [4.78, 5) is 0. The van der Waals surface area contributed by atoms with Crippen molar-refractivity contribution in [2.45, 2.75) is 77.0 Å². The van der Waals surface area contributed by atoms with E-state index in [4.69, 9.17) is 16.9 Å². The van der Waals surface area contributed by atoms with E-state index in [1.54, 1.807) is 0 Å². The molecule has 2 aliphatic carbocycles. The van der Waals surface area contributed by atoms with Crippen LogP contribution < -0.4 is 0 Å². The number of hydrogen-bond acceptors (Lipinski definition) is 1. The van der Waals surface area contributed by atoms with Gasteiger partial charge in [0.2, 0.25) is 0 Å². The first-order chi connectivity index (χ1) is 12.1. The van der Waals surface area contributed by atoms with Crippen molar-refractivity contribution < 1.29 is 4.39 Å². The van der Waals surface area contributed by atoms with Crippen molar-refractivity contribution >= 4 is 11.6 Å². The maximum absolute atomic E-state index is 14.0. The van der Waals surface area contributed by atoms with E-state index in [0.717, 1.165) is 36.2 Å². The van der Waals surface area contributed by atoms with Crippen molar-refractivity contribution in [2.75, 3.05) is 0 Å². The molecule has 0 unspecified atom stereocenters. The highest BCUT2D eigenvalue weighted by Gasteiger charge is 2.31. The van der Waals surface area contributed by atoms with Crippen molar-refractivity contribution in [3.05, 3.63) is 34.1 Å². The molecule has 0 amide bonds. The highest BCUT2D eigenvalue weighted by Crippen LogP contribution is 2.45. The lowest BCUT2D eigenvalue weighted by molar-refractivity contribution is 0.156. The first kappa shape index (κ1) is 18.7. The van der Waals surface area contributed by atoms with E-state index in [1.807, 2.05) is 12.1 Å². The molecule has 0 saturated heterocycles. The zero-order valence-electron chi connectivity index (χ0n) is 15.2. The second kappa shape index (κ2) is 8.54. The Morgan fingerprint density at radius 1 is 1.04 bits per heavy atom. The smallest absolute Gasteiger partial charge is 0.142 e. The standard InChI is InChI=1S/C22H29ClFN/c1-2-3-15-4-6-16(7-5-15)17-8-10-18(11-9-17)19-12-21(23)20(14-25)22(24)13-19/h12-13,15-18H,2-11H2,1H3/t15-,16-,17?,18?. The van der Waals surface area contributed by atoms with Gasteiger partial charge in [0.05, 0.1) is 5.02 Å². The number of halogens is 2. The Balaban J connectivity index is 1.55. The van der Waals surface area contributed by atoms with Crippen LogP contribution in [-0.2, 0) is 0 Å². The first-order valence-corrected chi connectivity index (χ1v) is 10.4. The summed E-state index contributed by atoms with van der Waals surface area (Å²) in [5.74, 6) is 2.67. The lowest BCUT2D eigenvalue weighted by Crippen LogP contribution is -2.25. The van der Waals surface area contributed by atoms with Crippen LogP contribution in [0.3, 0.4) is 0 Å². The first-order valence-electron chi connectivity index (χ1n) is 10.0. The largest absolute Gasteiger partial charge is 0.205 e. The maximum atomic E-state index is 14.0. The predicted molar refractivity (Wildman–Crippen MR) is 101 cm³/mol. The van der Waals surface area contributed by atoms with Crippen molar-refractivity contribution in [3.8, 4) is 6.07 Å². The molecule has 25 heavy (non-hydrogen) atoms. The van der Waals surface area contributed by atoms with Crippen LogP contribution >= 0.6 is 11.6 Å². The van der Waals surface area contributed by atoms with Crippen molar-refractivity contribution in [1.29, 1.82) is 5.26 Å². The third kappa shape index (κ3) is 4.37. The quantitative estimate of drug-likeness (QED) is 0.554. The van der Waals surface area contributed by atoms with E-state index in [2.05, 4.69) is 6.92 Å². The van der Waals surface area contributed by atoms with E-state index in [9.17, 15) is 4.39 Å². The summed E-state index contributed by atoms with van der Waals surface area (Å²) in [6.07, 6.45) is 13.2. The van der Waals surface area contributed by atoms with Crippen molar-refractivity contribution in [3.63, 3.8) is 0 Å². The van der Waals surface area contributed by atoms with Crippen LogP contribution in [0.2, 0.25) is 5.02 Å². The van der Waals surface area contributed by atoms with Gasteiger partial charge in [0.25, 0.3) is 0 Å². The fourth-order valence-corrected chi connectivity index (χ4v) is 5.47. The molecular formula is C22H29ClFN. The highest BCUT2D eigenvalue weighted by atomic mass is 35.5. The zero-order chi connectivity index (χ0) is 17.8. The van der Waals surface area contributed by atoms with Gasteiger partial charge in [0.1, 0.15) is 17.4 Å². The fourth-order valence-electron chi connectivity index (χ4n) is 5.22. The lowest BCUT2D eigenvalue weighted by Gasteiger charge is -2.38. The van der Waals surface area contributed by atoms with Gasteiger partial charge in [-0.25, -0.2) is 4.39 Å². The van der Waals surface area contributed by atoms with Gasteiger partial charge in [-0.1, -0.05) is 44.2 Å². The summed E-state index contributed by atoms with van der Waals surface area (Å²) in [5.41, 5.74) is 0.953. The highest BCUT2D eigenvalue weighted by molar-refractivity contribution is 6.31. The van der Waals surface area contributed by atoms with E-state index >= 15 is 0 Å². The van der Waals surface area contributed by atoms with Crippen LogP contribution in [0.4, 0.5) is 4.39 Å². The van der Waals surface area contributed by atoms with E-state index < -0.39 is 5.82 Å². The number of benzene rings is 1. The van der Waals surface area contributed by atoms with Crippen molar-refractivity contribution in [2.24, 2.45) is 17.8 Å². The second-order valence-corrected chi connectivity index (χ2v) is 8.56. The van der Waals surface area contributed by atoms with Gasteiger partial charge in [-0.15, -0.1) is 0 Å². The predicted octanol–water partition coefficient (Wildman–Crippen LogP) is 7.23. The van der Waals surface area contributed by atoms with Crippen LogP contribution in [0.15, 0.2) is 12.1 Å². The average Bonchev–Trinajstić information content (AvgIpc) is 2.62. The molecule has 3 rings (SSSR count). The molecule has 0 spiro atoms. The third-order valence-corrected chi connectivity index (χ3v) is 6.97. The van der Waals surface area contributed by atoms with Gasteiger partial charge in [0, 0.05) is 0 Å². The maximum Gasteiger partial charge on any atom is 0.142 e. The topological polar surface area (TPSA) is 23.8 Å². The SMILES string of the molecule is CCC[C@H]1CC[C@H](C2CCC(c3cc(F)c(C#N)c(Cl)c3)CC2)CC1. The molecule has 1 aromatic rings. The minimum Gasteiger partial charge on any atom is -0.205 e. The molecular weight excluding hydrogens is 333 g/mol. The van der Waals surface area contributed by atoms with Gasteiger partial charge >= 0.3 is 0 Å². The van der Waals surface area contributed by atoms with E-state index in [0.29, 0.717) is 5.92 Å². The average molecular weight is 362 g/mol. The Kier molecular flexibility index (Phi) is 6.39. The molecule has 3 heteroatoms. The summed E-state index contributed by atoms with van der Waals surface area (Å²) in [7, 11) is 0. The Labute approximate surface area is 156 Å². The second-order valence-electron chi connectivity index (χ2n) is 8.15. The number of nitrogens with zero attached hydrogens (tertiary/aromatic N) is 1. The third-order valence-electron chi connectivity index (χ3n) is 6.67. The van der Waals surface area contributed by atoms with Gasteiger partial charge in [0.15, 0.2) is 0 Å². The molecule has 2 aliphatic rings. The van der Waals surface area contributed by atoms with Gasteiger partial charge in [-0.3, -0.25) is 0 Å². The van der Waals surface area contributed by atoms with Crippen LogP contribution in [0, 0.1) is 34.9 Å². The molecule has 0 bridgehead atoms. The molecule has 0 N–H and O–H groups in total. The van der Waals surface area contributed by atoms with Gasteiger partial charge < -0.3 is 0 Å². The van der Waals surface area contributed by atoms with Crippen LogP contribution in [-0.4, -0.2) is 0 Å². The Hall–Kier alpha value is -1.07. The summed E-state index contributed by atoms with van der Waals surface area (Å²) in [6, 6.07) is 5.19. The van der Waals surface area contributed by atoms with Crippen molar-refractivity contribution in [1.82, 2.24) is 0 Å². The zero-order valence-corrected chi connectivity index (χ0v) is 16.0. The minimum atomic E-state index is -0.471. The Morgan fingerprint density at radius 3 is 2.16 bits per heavy atom. The van der Waals surface area contributed by atoms with Gasteiger partial charge in [-0.2, -0.15) is 5.26 Å². The molecule has 0 aliphatic heterocycles.